The molecular formula is C32H31F2N5O8. The Balaban J connectivity index is 1.93. The highest BCUT2D eigenvalue weighted by atomic mass is 19.1. The van der Waals surface area contributed by atoms with Crippen molar-refractivity contribution in [2.75, 3.05) is 17.3 Å². The molecule has 1 N–H and O–H groups in total. The number of halogens is 2. The number of esters is 1. The molecule has 0 aliphatic rings. The van der Waals surface area contributed by atoms with Crippen molar-refractivity contribution in [3.05, 3.63) is 82.2 Å². The highest BCUT2D eigenvalue weighted by Crippen LogP contribution is 2.39. The molecule has 4 rings (SSSR count). The van der Waals surface area contributed by atoms with Crippen LogP contribution in [0.5, 0.6) is 0 Å². The van der Waals surface area contributed by atoms with Gasteiger partial charge in [-0.05, 0) is 95.1 Å². The van der Waals surface area contributed by atoms with E-state index in [4.69, 9.17) is 14.2 Å². The summed E-state index contributed by atoms with van der Waals surface area (Å²) in [6.45, 7) is 9.63. The van der Waals surface area contributed by atoms with Crippen molar-refractivity contribution in [2.45, 2.75) is 52.7 Å². The van der Waals surface area contributed by atoms with Gasteiger partial charge in [0.05, 0.1) is 23.1 Å². The molecule has 15 heteroatoms. The lowest BCUT2D eigenvalue weighted by molar-refractivity contribution is -0.384. The number of amides is 2. The van der Waals surface area contributed by atoms with Crippen LogP contribution >= 0.6 is 0 Å². The summed E-state index contributed by atoms with van der Waals surface area (Å²) in [4.78, 5) is 59.3. The molecule has 0 saturated heterocycles. The minimum Gasteiger partial charge on any atom is -0.465 e. The summed E-state index contributed by atoms with van der Waals surface area (Å²) in [5.41, 5.74) is -3.53. The topological polar surface area (TPSA) is 163 Å². The molecule has 0 unspecified atom stereocenters. The van der Waals surface area contributed by atoms with Crippen LogP contribution < -0.4 is 10.2 Å². The molecule has 246 valence electrons. The first kappa shape index (κ1) is 34.1. The fraction of sp³-hybridized carbons (Fsp3) is 0.281. The van der Waals surface area contributed by atoms with Crippen molar-refractivity contribution in [1.29, 1.82) is 0 Å². The molecule has 0 bridgehead atoms. The first-order valence-corrected chi connectivity index (χ1v) is 14.0. The van der Waals surface area contributed by atoms with Crippen LogP contribution in [0.2, 0.25) is 0 Å². The van der Waals surface area contributed by atoms with Crippen LogP contribution in [0.3, 0.4) is 0 Å². The van der Waals surface area contributed by atoms with Gasteiger partial charge in [0, 0.05) is 12.4 Å². The fourth-order valence-corrected chi connectivity index (χ4v) is 4.40. The molecule has 0 radical (unpaired) electrons. The number of methoxy groups -OCH3 is 1. The normalized spacial score (nSPS) is 11.5. The third kappa shape index (κ3) is 7.74. The first-order valence-electron chi connectivity index (χ1n) is 14.0. The average molecular weight is 652 g/mol. The zero-order valence-corrected chi connectivity index (χ0v) is 26.5. The maximum atomic E-state index is 14.9. The summed E-state index contributed by atoms with van der Waals surface area (Å²) in [6, 6.07) is 8.26. The minimum absolute atomic E-state index is 0.0838. The molecule has 4 aromatic rings. The Morgan fingerprint density at radius 2 is 1.43 bits per heavy atom. The van der Waals surface area contributed by atoms with Gasteiger partial charge in [0.1, 0.15) is 45.4 Å². The van der Waals surface area contributed by atoms with Crippen LogP contribution in [-0.4, -0.2) is 51.4 Å². The van der Waals surface area contributed by atoms with E-state index in [-0.39, 0.29) is 39.2 Å². The lowest BCUT2D eigenvalue weighted by Crippen LogP contribution is -2.44. The predicted octanol–water partition coefficient (Wildman–Crippen LogP) is 7.69. The second-order valence-electron chi connectivity index (χ2n) is 12.1. The zero-order chi connectivity index (χ0) is 34.8. The number of nitrogens with one attached hydrogen (secondary N) is 1. The van der Waals surface area contributed by atoms with Crippen LogP contribution in [0.4, 0.5) is 41.2 Å². The number of aromatic nitrogens is 2. The third-order valence-electron chi connectivity index (χ3n) is 6.22. The van der Waals surface area contributed by atoms with Gasteiger partial charge in [0.25, 0.3) is 0 Å². The molecular weight excluding hydrogens is 620 g/mol. The summed E-state index contributed by atoms with van der Waals surface area (Å²) < 4.78 is 45.0. The summed E-state index contributed by atoms with van der Waals surface area (Å²) >= 11 is 0. The number of carbonyl (C=O) groups is 3. The lowest BCUT2D eigenvalue weighted by atomic mass is 10.00. The van der Waals surface area contributed by atoms with Crippen LogP contribution in [0, 0.1) is 21.7 Å². The summed E-state index contributed by atoms with van der Waals surface area (Å²) in [7, 11) is 1.03. The van der Waals surface area contributed by atoms with Gasteiger partial charge < -0.3 is 19.5 Å². The number of ether oxygens (including phenoxy) is 3. The Morgan fingerprint density at radius 1 is 0.830 bits per heavy atom. The van der Waals surface area contributed by atoms with E-state index in [2.05, 4.69) is 15.3 Å². The van der Waals surface area contributed by atoms with Crippen LogP contribution in [0.1, 0.15) is 51.9 Å². The molecule has 0 atom stereocenters. The molecule has 2 heterocycles. The molecule has 0 spiro atoms. The van der Waals surface area contributed by atoms with Crippen LogP contribution in [-0.2, 0) is 14.2 Å². The molecule has 0 saturated carbocycles. The summed E-state index contributed by atoms with van der Waals surface area (Å²) in [5, 5.41) is 14.8. The van der Waals surface area contributed by atoms with E-state index < -0.39 is 57.2 Å². The van der Waals surface area contributed by atoms with Gasteiger partial charge in [0.2, 0.25) is 0 Å². The fourth-order valence-electron chi connectivity index (χ4n) is 4.40. The average Bonchev–Trinajstić information content (AvgIpc) is 2.96. The van der Waals surface area contributed by atoms with Crippen LogP contribution in [0.15, 0.2) is 54.9 Å². The van der Waals surface area contributed by atoms with Crippen molar-refractivity contribution < 1.29 is 42.3 Å². The Labute approximate surface area is 267 Å². The second-order valence-corrected chi connectivity index (χ2v) is 12.1. The number of imide groups is 1. The number of pyridine rings is 2. The third-order valence-corrected chi connectivity index (χ3v) is 6.22. The summed E-state index contributed by atoms with van der Waals surface area (Å²) in [5.74, 6) is -2.98. The number of benzene rings is 2. The second kappa shape index (κ2) is 12.9. The monoisotopic (exact) mass is 651 g/mol. The van der Waals surface area contributed by atoms with Crippen molar-refractivity contribution in [2.24, 2.45) is 0 Å². The van der Waals surface area contributed by atoms with E-state index in [0.29, 0.717) is 4.90 Å². The van der Waals surface area contributed by atoms with E-state index in [1.54, 1.807) is 41.5 Å². The van der Waals surface area contributed by atoms with Crippen molar-refractivity contribution >= 4 is 51.9 Å². The number of hydrogen-bond acceptors (Lipinski definition) is 11. The van der Waals surface area contributed by atoms with E-state index in [1.165, 1.54) is 42.7 Å². The highest BCUT2D eigenvalue weighted by molar-refractivity contribution is 6.09. The van der Waals surface area contributed by atoms with E-state index in [1.807, 2.05) is 0 Å². The van der Waals surface area contributed by atoms with Gasteiger partial charge in [-0.15, -0.1) is 0 Å². The highest BCUT2D eigenvalue weighted by Gasteiger charge is 2.34. The predicted molar refractivity (Wildman–Crippen MR) is 168 cm³/mol. The van der Waals surface area contributed by atoms with E-state index >= 15 is 0 Å². The molecule has 2 amide bonds. The summed E-state index contributed by atoms with van der Waals surface area (Å²) in [6.07, 6.45) is 0.266. The van der Waals surface area contributed by atoms with E-state index in [0.717, 1.165) is 19.2 Å². The number of anilines is 3. The Hall–Kier alpha value is -5.73. The number of carbonyl (C=O) groups excluding carboxylic acids is 3. The Bertz CT molecular complexity index is 1880. The molecule has 13 nitrogen and oxygen atoms in total. The van der Waals surface area contributed by atoms with Crippen LogP contribution in [0.25, 0.3) is 22.0 Å². The molecule has 2 aromatic heterocycles. The van der Waals surface area contributed by atoms with Gasteiger partial charge in [-0.1, -0.05) is 0 Å². The van der Waals surface area contributed by atoms with E-state index in [9.17, 15) is 33.3 Å². The minimum atomic E-state index is -1.09. The van der Waals surface area contributed by atoms with Gasteiger partial charge >= 0.3 is 23.8 Å². The Morgan fingerprint density at radius 3 is 2.00 bits per heavy atom. The van der Waals surface area contributed by atoms with Gasteiger partial charge in [-0.2, -0.15) is 4.90 Å². The number of nitro benzene ring substituents is 1. The number of rotatable bonds is 6. The van der Waals surface area contributed by atoms with Gasteiger partial charge in [0.15, 0.2) is 0 Å². The zero-order valence-electron chi connectivity index (χ0n) is 26.5. The largest absolute Gasteiger partial charge is 0.465 e. The Kier molecular flexibility index (Phi) is 9.40. The molecule has 2 aromatic carbocycles. The standard InChI is InChI=1S/C32H31F2N5O8/c1-31(2,3)46-29(41)38(30(42)47-32(4,5)6)24-16-17(10-12-35-24)18-14-19(28(40)45-7)27(39(43)44)23(15-18)37-22-11-13-36-26-21(34)9-8-20(33)25(22)26/h8-16H,1-7H3,(H,36,37). The number of hydrogen-bond donors (Lipinski definition) is 1. The van der Waals surface area contributed by atoms with Gasteiger partial charge in [-0.3, -0.25) is 15.1 Å². The number of nitrogens with zero attached hydrogens (tertiary/aromatic N) is 4. The molecule has 0 aliphatic heterocycles. The quantitative estimate of drug-likeness (QED) is 0.0941. The maximum Gasteiger partial charge on any atom is 0.425 e. The van der Waals surface area contributed by atoms with Crippen molar-refractivity contribution in [3.8, 4) is 11.1 Å². The smallest absolute Gasteiger partial charge is 0.425 e. The molecule has 0 fully saturated rings. The van der Waals surface area contributed by atoms with Crippen molar-refractivity contribution in [1.82, 2.24) is 9.97 Å². The lowest BCUT2D eigenvalue weighted by Gasteiger charge is -2.28. The first-order chi connectivity index (χ1) is 21.9. The maximum absolute atomic E-state index is 14.9. The molecule has 0 aliphatic carbocycles. The number of fused-ring (bicyclic) bond motifs is 1. The number of nitro groups is 1. The SMILES string of the molecule is COC(=O)c1cc(-c2ccnc(N(C(=O)OC(C)(C)C)C(=O)OC(C)(C)C)c2)cc(Nc2ccnc3c(F)ccc(F)c23)c1[N+](=O)[O-]. The van der Waals surface area contributed by atoms with Gasteiger partial charge in [-0.25, -0.2) is 28.1 Å². The molecule has 47 heavy (non-hydrogen) atoms. The van der Waals surface area contributed by atoms with Crippen molar-refractivity contribution in [3.63, 3.8) is 0 Å².